The molecule has 1 atom stereocenters. The minimum Gasteiger partial charge on any atom is -0.495 e. The minimum absolute atomic E-state index is 0.0542. The second-order valence-electron chi connectivity index (χ2n) is 7.12. The maximum atomic E-state index is 12.9. The average molecular weight is 396 g/mol. The molecule has 2 aromatic rings. The number of methoxy groups -OCH3 is 1. The first-order valence-corrected chi connectivity index (χ1v) is 9.46. The molecule has 7 nitrogen and oxygen atoms in total. The van der Waals surface area contributed by atoms with Crippen LogP contribution in [0.1, 0.15) is 34.3 Å². The summed E-state index contributed by atoms with van der Waals surface area (Å²) in [5, 5.41) is 12.0. The maximum Gasteiger partial charge on any atom is 0.335 e. The van der Waals surface area contributed by atoms with Crippen LogP contribution < -0.4 is 10.1 Å². The first-order valence-electron chi connectivity index (χ1n) is 9.46. The number of benzene rings is 2. The van der Waals surface area contributed by atoms with E-state index in [1.54, 1.807) is 23.1 Å². The molecule has 1 saturated heterocycles. The van der Waals surface area contributed by atoms with Gasteiger partial charge in [0.25, 0.3) is 0 Å². The number of amides is 2. The van der Waals surface area contributed by atoms with E-state index in [9.17, 15) is 14.4 Å². The zero-order valence-electron chi connectivity index (χ0n) is 16.5. The van der Waals surface area contributed by atoms with Gasteiger partial charge in [-0.2, -0.15) is 0 Å². The van der Waals surface area contributed by atoms with Gasteiger partial charge in [0.2, 0.25) is 11.8 Å². The Morgan fingerprint density at radius 3 is 2.72 bits per heavy atom. The Balaban J connectivity index is 1.71. The van der Waals surface area contributed by atoms with Crippen LogP contribution in [0.3, 0.4) is 0 Å². The quantitative estimate of drug-likeness (QED) is 0.783. The molecule has 2 amide bonds. The van der Waals surface area contributed by atoms with Crippen molar-refractivity contribution in [3.8, 4) is 5.75 Å². The molecular formula is C22H24N2O5. The van der Waals surface area contributed by atoms with Crippen molar-refractivity contribution in [3.05, 3.63) is 59.2 Å². The van der Waals surface area contributed by atoms with Crippen LogP contribution in [0, 0.1) is 6.92 Å². The topological polar surface area (TPSA) is 95.9 Å². The van der Waals surface area contributed by atoms with Gasteiger partial charge in [-0.25, -0.2) is 4.79 Å². The predicted octanol–water partition coefficient (Wildman–Crippen LogP) is 2.87. The number of hydrogen-bond acceptors (Lipinski definition) is 4. The Labute approximate surface area is 169 Å². The van der Waals surface area contributed by atoms with Gasteiger partial charge in [0.05, 0.1) is 24.8 Å². The minimum atomic E-state index is -1.04. The highest BCUT2D eigenvalue weighted by atomic mass is 16.5. The van der Waals surface area contributed by atoms with Crippen LogP contribution in [0.25, 0.3) is 0 Å². The molecule has 1 aliphatic heterocycles. The van der Waals surface area contributed by atoms with Crippen LogP contribution in [0.2, 0.25) is 0 Å². The van der Waals surface area contributed by atoms with Gasteiger partial charge in [0.15, 0.2) is 0 Å². The third-order valence-corrected chi connectivity index (χ3v) is 5.02. The van der Waals surface area contributed by atoms with Gasteiger partial charge in [-0.1, -0.05) is 18.2 Å². The molecule has 0 bridgehead atoms. The van der Waals surface area contributed by atoms with Gasteiger partial charge < -0.3 is 20.1 Å². The lowest BCUT2D eigenvalue weighted by atomic mass is 10.1. The zero-order valence-corrected chi connectivity index (χ0v) is 16.5. The Morgan fingerprint density at radius 1 is 1.21 bits per heavy atom. The average Bonchev–Trinajstić information content (AvgIpc) is 3.18. The molecule has 1 unspecified atom stereocenters. The van der Waals surface area contributed by atoms with E-state index in [2.05, 4.69) is 5.32 Å². The highest BCUT2D eigenvalue weighted by Crippen LogP contribution is 2.27. The van der Waals surface area contributed by atoms with Crippen LogP contribution in [-0.2, 0) is 16.0 Å². The summed E-state index contributed by atoms with van der Waals surface area (Å²) in [5.41, 5.74) is 2.31. The molecule has 0 aromatic heterocycles. The van der Waals surface area contributed by atoms with Crippen LogP contribution in [0.4, 0.5) is 5.69 Å². The van der Waals surface area contributed by atoms with Crippen molar-refractivity contribution in [3.63, 3.8) is 0 Å². The van der Waals surface area contributed by atoms with E-state index < -0.39 is 12.0 Å². The van der Waals surface area contributed by atoms with Crippen LogP contribution in [0.15, 0.2) is 42.5 Å². The number of hydrogen-bond donors (Lipinski definition) is 2. The maximum absolute atomic E-state index is 12.9. The molecule has 2 aromatic carbocycles. The molecule has 1 fully saturated rings. The summed E-state index contributed by atoms with van der Waals surface area (Å²) < 4.78 is 5.30. The normalized spacial score (nSPS) is 15.8. The molecule has 1 aliphatic rings. The number of nitrogens with one attached hydrogen (secondary N) is 1. The number of likely N-dealkylation sites (tertiary alicyclic amines) is 1. The Bertz CT molecular complexity index is 941. The fourth-order valence-corrected chi connectivity index (χ4v) is 3.56. The van der Waals surface area contributed by atoms with Gasteiger partial charge in [-0.05, 0) is 55.2 Å². The van der Waals surface area contributed by atoms with Gasteiger partial charge in [-0.3, -0.25) is 9.59 Å². The number of carbonyl (C=O) groups is 3. The molecule has 7 heteroatoms. The summed E-state index contributed by atoms with van der Waals surface area (Å²) in [5.74, 6) is -0.921. The number of carbonyl (C=O) groups excluding carboxylic acids is 2. The number of carboxylic acid groups (broad SMARTS) is 1. The summed E-state index contributed by atoms with van der Waals surface area (Å²) in [6.45, 7) is 2.42. The fourth-order valence-electron chi connectivity index (χ4n) is 3.56. The number of carboxylic acids is 1. The molecule has 0 aliphatic carbocycles. The standard InChI is InChI=1S/C22H24N2O5/c1-14-8-9-19(29-2)17(11-14)23-21(26)18-7-4-10-24(18)20(25)13-15-5-3-6-16(12-15)22(27)28/h3,5-6,8-9,11-12,18H,4,7,10,13H2,1-2H3,(H,23,26)(H,27,28). The Hall–Kier alpha value is -3.35. The SMILES string of the molecule is COc1ccc(C)cc1NC(=O)C1CCCN1C(=O)Cc1cccc(C(=O)O)c1. The van der Waals surface area contributed by atoms with Crippen LogP contribution >= 0.6 is 0 Å². The molecule has 2 N–H and O–H groups in total. The number of anilines is 1. The van der Waals surface area contributed by atoms with E-state index in [1.807, 2.05) is 19.1 Å². The van der Waals surface area contributed by atoms with Crippen LogP contribution in [-0.4, -0.2) is 47.5 Å². The van der Waals surface area contributed by atoms with Crippen molar-refractivity contribution in [2.75, 3.05) is 19.0 Å². The lowest BCUT2D eigenvalue weighted by Gasteiger charge is -2.24. The van der Waals surface area contributed by atoms with E-state index in [0.29, 0.717) is 30.0 Å². The second kappa shape index (κ2) is 8.77. The summed E-state index contributed by atoms with van der Waals surface area (Å²) >= 11 is 0. The van der Waals surface area contributed by atoms with Crippen molar-refractivity contribution in [1.82, 2.24) is 4.90 Å². The molecule has 29 heavy (non-hydrogen) atoms. The largest absolute Gasteiger partial charge is 0.495 e. The highest BCUT2D eigenvalue weighted by molar-refractivity contribution is 5.99. The smallest absolute Gasteiger partial charge is 0.335 e. The lowest BCUT2D eigenvalue weighted by molar-refractivity contribution is -0.136. The van der Waals surface area contributed by atoms with Crippen molar-refractivity contribution in [1.29, 1.82) is 0 Å². The molecule has 152 valence electrons. The van der Waals surface area contributed by atoms with Crippen molar-refractivity contribution in [2.45, 2.75) is 32.2 Å². The molecule has 3 rings (SSSR count). The number of ether oxygens (including phenoxy) is 1. The number of nitrogens with zero attached hydrogens (tertiary/aromatic N) is 1. The molecule has 0 saturated carbocycles. The van der Waals surface area contributed by atoms with E-state index in [-0.39, 0.29) is 23.8 Å². The molecule has 1 heterocycles. The van der Waals surface area contributed by atoms with Crippen molar-refractivity contribution in [2.24, 2.45) is 0 Å². The van der Waals surface area contributed by atoms with Gasteiger partial charge in [0.1, 0.15) is 11.8 Å². The zero-order chi connectivity index (χ0) is 21.0. The Kier molecular flexibility index (Phi) is 6.16. The monoisotopic (exact) mass is 396 g/mol. The Morgan fingerprint density at radius 2 is 2.00 bits per heavy atom. The third-order valence-electron chi connectivity index (χ3n) is 5.02. The molecular weight excluding hydrogens is 372 g/mol. The van der Waals surface area contributed by atoms with E-state index in [1.165, 1.54) is 19.2 Å². The number of aryl methyl sites for hydroxylation is 1. The third kappa shape index (κ3) is 4.74. The predicted molar refractivity (Wildman–Crippen MR) is 108 cm³/mol. The van der Waals surface area contributed by atoms with Crippen LogP contribution in [0.5, 0.6) is 5.75 Å². The number of aromatic carboxylic acids is 1. The highest BCUT2D eigenvalue weighted by Gasteiger charge is 2.34. The van der Waals surface area contributed by atoms with E-state index in [4.69, 9.17) is 9.84 Å². The second-order valence-corrected chi connectivity index (χ2v) is 7.12. The molecule has 0 spiro atoms. The summed E-state index contributed by atoms with van der Waals surface area (Å²) in [6, 6.07) is 11.3. The van der Waals surface area contributed by atoms with Gasteiger partial charge >= 0.3 is 5.97 Å². The lowest BCUT2D eigenvalue weighted by Crippen LogP contribution is -2.43. The van der Waals surface area contributed by atoms with E-state index >= 15 is 0 Å². The van der Waals surface area contributed by atoms with E-state index in [0.717, 1.165) is 12.0 Å². The van der Waals surface area contributed by atoms with Gasteiger partial charge in [0, 0.05) is 6.54 Å². The first kappa shape index (κ1) is 20.4. The van der Waals surface area contributed by atoms with Crippen molar-refractivity contribution < 1.29 is 24.2 Å². The number of rotatable bonds is 6. The van der Waals surface area contributed by atoms with Crippen molar-refractivity contribution >= 4 is 23.5 Å². The summed E-state index contributed by atoms with van der Waals surface area (Å²) in [6.07, 6.45) is 1.38. The first-order chi connectivity index (χ1) is 13.9. The summed E-state index contributed by atoms with van der Waals surface area (Å²) in [7, 11) is 1.54. The fraction of sp³-hybridized carbons (Fsp3) is 0.318. The van der Waals surface area contributed by atoms with Gasteiger partial charge in [-0.15, -0.1) is 0 Å². The summed E-state index contributed by atoms with van der Waals surface area (Å²) in [4.78, 5) is 38.4. The molecule has 0 radical (unpaired) electrons.